The van der Waals surface area contributed by atoms with Gasteiger partial charge in [-0.15, -0.1) is 0 Å². The van der Waals surface area contributed by atoms with E-state index >= 15 is 0 Å². The van der Waals surface area contributed by atoms with Gasteiger partial charge in [0.2, 0.25) is 0 Å². The van der Waals surface area contributed by atoms with Gasteiger partial charge in [0.25, 0.3) is 0 Å². The average molecular weight is 392 g/mol. The van der Waals surface area contributed by atoms with Gasteiger partial charge in [0.1, 0.15) is 5.75 Å². The number of benzene rings is 2. The summed E-state index contributed by atoms with van der Waals surface area (Å²) in [5, 5.41) is 17.9. The molecule has 0 radical (unpaired) electrons. The largest absolute Gasteiger partial charge is 0.506 e. The Morgan fingerprint density at radius 1 is 1.21 bits per heavy atom. The number of phenolic OH excluding ortho intramolecular Hbond substituents is 1. The maximum atomic E-state index is 12.1. The SMILES string of the molecule is COC(=O)c1ccccc1Nc1cc2c(cc1O)[C@]13CCCC[C@@H]1[C@H](C2)NCC3. The van der Waals surface area contributed by atoms with Crippen LogP contribution in [0.2, 0.25) is 0 Å². The fourth-order valence-corrected chi connectivity index (χ4v) is 6.10. The van der Waals surface area contributed by atoms with Crippen LogP contribution in [0.5, 0.6) is 5.75 Å². The average Bonchev–Trinajstić information content (AvgIpc) is 2.75. The van der Waals surface area contributed by atoms with Crippen LogP contribution in [-0.4, -0.2) is 30.8 Å². The third kappa shape index (κ3) is 2.91. The number of nitrogens with one attached hydrogen (secondary N) is 2. The number of piperidine rings is 1. The van der Waals surface area contributed by atoms with Gasteiger partial charge in [-0.1, -0.05) is 25.0 Å². The lowest BCUT2D eigenvalue weighted by Crippen LogP contribution is -2.59. The van der Waals surface area contributed by atoms with E-state index < -0.39 is 5.97 Å². The molecule has 2 fully saturated rings. The quantitative estimate of drug-likeness (QED) is 0.538. The minimum absolute atomic E-state index is 0.210. The summed E-state index contributed by atoms with van der Waals surface area (Å²) in [7, 11) is 1.38. The fourth-order valence-electron chi connectivity index (χ4n) is 6.10. The Labute approximate surface area is 171 Å². The summed E-state index contributed by atoms with van der Waals surface area (Å²) in [6.45, 7) is 1.06. The number of fused-ring (bicyclic) bond motifs is 1. The molecule has 29 heavy (non-hydrogen) atoms. The number of hydrogen-bond donors (Lipinski definition) is 3. The first kappa shape index (κ1) is 18.5. The van der Waals surface area contributed by atoms with Crippen molar-refractivity contribution in [3.8, 4) is 5.75 Å². The van der Waals surface area contributed by atoms with Crippen LogP contribution in [0.3, 0.4) is 0 Å². The van der Waals surface area contributed by atoms with Crippen molar-refractivity contribution in [2.45, 2.75) is 50.0 Å². The van der Waals surface area contributed by atoms with Crippen LogP contribution in [0.4, 0.5) is 11.4 Å². The standard InChI is InChI=1S/C24H28N2O3/c1-29-23(28)16-6-2-3-8-19(16)26-21-13-15-12-20-17-7-4-5-9-24(17,10-11-25-20)18(15)14-22(21)27/h2-3,6,8,13-14,17,20,25-27H,4-5,7,9-12H2,1H3/t17-,20+,24+/m1/s1. The normalized spacial score (nSPS) is 27.5. The molecular formula is C24H28N2O3. The Bertz CT molecular complexity index is 953. The van der Waals surface area contributed by atoms with Crippen molar-refractivity contribution < 1.29 is 14.6 Å². The topological polar surface area (TPSA) is 70.6 Å². The molecule has 2 aromatic rings. The van der Waals surface area contributed by atoms with Crippen LogP contribution in [0.25, 0.3) is 0 Å². The van der Waals surface area contributed by atoms with Gasteiger partial charge in [0.15, 0.2) is 0 Å². The summed E-state index contributed by atoms with van der Waals surface area (Å²) in [6.07, 6.45) is 7.24. The molecular weight excluding hydrogens is 364 g/mol. The highest BCUT2D eigenvalue weighted by Crippen LogP contribution is 2.55. The molecule has 0 amide bonds. The number of hydrogen-bond acceptors (Lipinski definition) is 5. The van der Waals surface area contributed by atoms with E-state index in [9.17, 15) is 9.90 Å². The van der Waals surface area contributed by atoms with E-state index in [1.807, 2.05) is 18.2 Å². The number of anilines is 2. The van der Waals surface area contributed by atoms with Gasteiger partial charge < -0.3 is 20.5 Å². The number of carbonyl (C=O) groups is 1. The number of carbonyl (C=O) groups excluding carboxylic acids is 1. The first-order valence-corrected chi connectivity index (χ1v) is 10.7. The van der Waals surface area contributed by atoms with Crippen molar-refractivity contribution in [2.75, 3.05) is 19.0 Å². The lowest BCUT2D eigenvalue weighted by Gasteiger charge is -2.56. The monoisotopic (exact) mass is 392 g/mol. The molecule has 5 heteroatoms. The molecule has 3 aliphatic rings. The molecule has 5 nitrogen and oxygen atoms in total. The second kappa shape index (κ2) is 7.06. The number of phenols is 1. The minimum atomic E-state index is -0.395. The number of methoxy groups -OCH3 is 1. The highest BCUT2D eigenvalue weighted by atomic mass is 16.5. The van der Waals surface area contributed by atoms with Crippen molar-refractivity contribution in [3.63, 3.8) is 0 Å². The van der Waals surface area contributed by atoms with E-state index in [1.54, 1.807) is 12.1 Å². The van der Waals surface area contributed by atoms with Crippen molar-refractivity contribution >= 4 is 17.3 Å². The molecule has 2 aromatic carbocycles. The molecule has 152 valence electrons. The van der Waals surface area contributed by atoms with E-state index in [4.69, 9.17) is 4.74 Å². The van der Waals surface area contributed by atoms with Gasteiger partial charge in [-0.05, 0) is 73.5 Å². The molecule has 1 saturated heterocycles. The van der Waals surface area contributed by atoms with Crippen molar-refractivity contribution in [1.82, 2.24) is 5.32 Å². The number of rotatable bonds is 3. The van der Waals surface area contributed by atoms with Gasteiger partial charge in [0.05, 0.1) is 24.0 Å². The first-order chi connectivity index (χ1) is 14.1. The summed E-state index contributed by atoms with van der Waals surface area (Å²) in [6, 6.07) is 11.8. The molecule has 3 N–H and O–H groups in total. The Kier molecular flexibility index (Phi) is 4.50. The Morgan fingerprint density at radius 3 is 2.93 bits per heavy atom. The smallest absolute Gasteiger partial charge is 0.339 e. The highest BCUT2D eigenvalue weighted by molar-refractivity contribution is 5.96. The second-order valence-corrected chi connectivity index (χ2v) is 8.71. The van der Waals surface area contributed by atoms with Gasteiger partial charge >= 0.3 is 5.97 Å². The molecule has 0 aromatic heterocycles. The van der Waals surface area contributed by atoms with Gasteiger partial charge in [-0.25, -0.2) is 4.79 Å². The van der Waals surface area contributed by atoms with Gasteiger partial charge in [-0.2, -0.15) is 0 Å². The van der Waals surface area contributed by atoms with Crippen LogP contribution in [-0.2, 0) is 16.6 Å². The maximum Gasteiger partial charge on any atom is 0.339 e. The molecule has 0 unspecified atom stereocenters. The lowest BCUT2D eigenvalue weighted by atomic mass is 9.53. The summed E-state index contributed by atoms with van der Waals surface area (Å²) in [5.74, 6) is 0.531. The third-order valence-electron chi connectivity index (χ3n) is 7.36. The Morgan fingerprint density at radius 2 is 2.07 bits per heavy atom. The Hall–Kier alpha value is -2.53. The zero-order valence-electron chi connectivity index (χ0n) is 16.8. The lowest BCUT2D eigenvalue weighted by molar-refractivity contribution is 0.0602. The minimum Gasteiger partial charge on any atom is -0.506 e. The molecule has 1 aliphatic heterocycles. The summed E-state index contributed by atoms with van der Waals surface area (Å²) in [4.78, 5) is 12.1. The van der Waals surface area contributed by atoms with E-state index in [1.165, 1.54) is 43.9 Å². The van der Waals surface area contributed by atoms with Crippen molar-refractivity contribution in [2.24, 2.45) is 5.92 Å². The van der Waals surface area contributed by atoms with E-state index in [2.05, 4.69) is 16.7 Å². The van der Waals surface area contributed by atoms with Crippen LogP contribution in [0, 0.1) is 5.92 Å². The second-order valence-electron chi connectivity index (χ2n) is 8.71. The molecule has 2 aliphatic carbocycles. The third-order valence-corrected chi connectivity index (χ3v) is 7.36. The zero-order chi connectivity index (χ0) is 20.0. The predicted molar refractivity (Wildman–Crippen MR) is 113 cm³/mol. The highest BCUT2D eigenvalue weighted by Gasteiger charge is 2.51. The molecule has 1 heterocycles. The maximum absolute atomic E-state index is 12.1. The van der Waals surface area contributed by atoms with E-state index in [-0.39, 0.29) is 11.2 Å². The van der Waals surface area contributed by atoms with E-state index in [0.29, 0.717) is 28.9 Å². The summed E-state index contributed by atoms with van der Waals surface area (Å²) < 4.78 is 4.89. The van der Waals surface area contributed by atoms with Crippen LogP contribution < -0.4 is 10.6 Å². The number of aromatic hydroxyl groups is 1. The number of ether oxygens (including phenoxy) is 1. The predicted octanol–water partition coefficient (Wildman–Crippen LogP) is 4.27. The zero-order valence-corrected chi connectivity index (χ0v) is 16.8. The molecule has 2 bridgehead atoms. The molecule has 5 rings (SSSR count). The van der Waals surface area contributed by atoms with E-state index in [0.717, 1.165) is 19.4 Å². The first-order valence-electron chi connectivity index (χ1n) is 10.7. The number of esters is 1. The number of para-hydroxylation sites is 1. The summed E-state index contributed by atoms with van der Waals surface area (Å²) >= 11 is 0. The van der Waals surface area contributed by atoms with Crippen LogP contribution in [0.15, 0.2) is 36.4 Å². The Balaban J connectivity index is 1.55. The molecule has 1 saturated carbocycles. The van der Waals surface area contributed by atoms with Crippen molar-refractivity contribution in [3.05, 3.63) is 53.1 Å². The van der Waals surface area contributed by atoms with Crippen molar-refractivity contribution in [1.29, 1.82) is 0 Å². The molecule has 3 atom stereocenters. The van der Waals surface area contributed by atoms with Gasteiger partial charge in [0, 0.05) is 11.5 Å². The van der Waals surface area contributed by atoms with Crippen LogP contribution >= 0.6 is 0 Å². The fraction of sp³-hybridized carbons (Fsp3) is 0.458. The van der Waals surface area contributed by atoms with Gasteiger partial charge in [-0.3, -0.25) is 0 Å². The summed E-state index contributed by atoms with van der Waals surface area (Å²) in [5.41, 5.74) is 4.61. The molecule has 0 spiro atoms. The van der Waals surface area contributed by atoms with Crippen LogP contribution in [0.1, 0.15) is 53.6 Å².